The fraction of sp³-hybridized carbons (Fsp3) is 0.500. The quantitative estimate of drug-likeness (QED) is 0.743. The van der Waals surface area contributed by atoms with Crippen molar-refractivity contribution < 1.29 is 9.59 Å². The molecule has 0 unspecified atom stereocenters. The minimum Gasteiger partial charge on any atom is -0.356 e. The molecule has 1 aromatic carbocycles. The summed E-state index contributed by atoms with van der Waals surface area (Å²) < 4.78 is 0. The van der Waals surface area contributed by atoms with Gasteiger partial charge in [0.25, 0.3) is 0 Å². The van der Waals surface area contributed by atoms with Crippen LogP contribution in [0.5, 0.6) is 0 Å². The number of rotatable bonds is 8. The first-order chi connectivity index (χ1) is 11.6. The third kappa shape index (κ3) is 6.57. The molecular weight excluding hydrogens is 300 g/mol. The van der Waals surface area contributed by atoms with Crippen molar-refractivity contribution in [2.75, 3.05) is 13.1 Å². The molecule has 1 N–H and O–H groups in total. The number of nitrogens with zero attached hydrogens (tertiary/aromatic N) is 1. The SMILES string of the molecule is CC(=O)N(CCC(=O)NCCC1=CCCCC1)Cc1ccccc1. The number of hydrogen-bond donors (Lipinski definition) is 1. The Morgan fingerprint density at radius 3 is 2.62 bits per heavy atom. The minimum atomic E-state index is -0.000913. The normalized spacial score (nSPS) is 14.0. The largest absolute Gasteiger partial charge is 0.356 e. The fourth-order valence-corrected chi connectivity index (χ4v) is 2.97. The summed E-state index contributed by atoms with van der Waals surface area (Å²) in [6, 6.07) is 9.86. The molecule has 0 bridgehead atoms. The maximum absolute atomic E-state index is 12.0. The van der Waals surface area contributed by atoms with Crippen molar-refractivity contribution in [3.63, 3.8) is 0 Å². The molecule has 2 amide bonds. The summed E-state index contributed by atoms with van der Waals surface area (Å²) in [6.45, 7) is 3.26. The second-order valence-electron chi connectivity index (χ2n) is 6.38. The maximum Gasteiger partial charge on any atom is 0.221 e. The Kier molecular flexibility index (Phi) is 7.53. The molecule has 0 radical (unpaired) electrons. The molecule has 0 saturated heterocycles. The van der Waals surface area contributed by atoms with E-state index in [2.05, 4.69) is 11.4 Å². The Morgan fingerprint density at radius 2 is 1.96 bits per heavy atom. The minimum absolute atomic E-state index is 0.000913. The molecule has 24 heavy (non-hydrogen) atoms. The van der Waals surface area contributed by atoms with Gasteiger partial charge in [-0.3, -0.25) is 9.59 Å². The lowest BCUT2D eigenvalue weighted by molar-refractivity contribution is -0.130. The van der Waals surface area contributed by atoms with Gasteiger partial charge < -0.3 is 10.2 Å². The van der Waals surface area contributed by atoms with Gasteiger partial charge in [-0.1, -0.05) is 42.0 Å². The van der Waals surface area contributed by atoms with Crippen LogP contribution < -0.4 is 5.32 Å². The van der Waals surface area contributed by atoms with Crippen molar-refractivity contribution >= 4 is 11.8 Å². The van der Waals surface area contributed by atoms with E-state index >= 15 is 0 Å². The summed E-state index contributed by atoms with van der Waals surface area (Å²) in [5.41, 5.74) is 2.55. The van der Waals surface area contributed by atoms with Gasteiger partial charge in [-0.05, 0) is 37.7 Å². The highest BCUT2D eigenvalue weighted by atomic mass is 16.2. The molecule has 0 spiro atoms. The molecule has 130 valence electrons. The first-order valence-corrected chi connectivity index (χ1v) is 8.89. The van der Waals surface area contributed by atoms with Crippen molar-refractivity contribution in [2.24, 2.45) is 0 Å². The summed E-state index contributed by atoms with van der Waals surface area (Å²) in [6.07, 6.45) is 8.52. The third-order valence-electron chi connectivity index (χ3n) is 4.42. The first-order valence-electron chi connectivity index (χ1n) is 8.89. The van der Waals surface area contributed by atoms with Gasteiger partial charge in [0.15, 0.2) is 0 Å². The number of carbonyl (C=O) groups is 2. The number of nitrogens with one attached hydrogen (secondary N) is 1. The summed E-state index contributed by atoms with van der Waals surface area (Å²) in [7, 11) is 0. The zero-order valence-corrected chi connectivity index (χ0v) is 14.6. The van der Waals surface area contributed by atoms with Gasteiger partial charge in [-0.25, -0.2) is 0 Å². The van der Waals surface area contributed by atoms with E-state index in [1.807, 2.05) is 30.3 Å². The van der Waals surface area contributed by atoms with E-state index < -0.39 is 0 Å². The molecule has 0 atom stereocenters. The van der Waals surface area contributed by atoms with Crippen LogP contribution in [-0.2, 0) is 16.1 Å². The third-order valence-corrected chi connectivity index (χ3v) is 4.42. The molecule has 2 rings (SSSR count). The standard InChI is InChI=1S/C20H28N2O2/c1-17(23)22(16-19-10-6-3-7-11-19)15-13-20(24)21-14-12-18-8-4-2-5-9-18/h3,6-8,10-11H,2,4-5,9,12-16H2,1H3,(H,21,24). The average molecular weight is 328 g/mol. The summed E-state index contributed by atoms with van der Waals surface area (Å²) in [4.78, 5) is 25.5. The van der Waals surface area contributed by atoms with Gasteiger partial charge in [0.1, 0.15) is 0 Å². The predicted octanol–water partition coefficient (Wildman–Crippen LogP) is 3.43. The number of allylic oxidation sites excluding steroid dienone is 1. The Morgan fingerprint density at radius 1 is 1.17 bits per heavy atom. The van der Waals surface area contributed by atoms with E-state index in [0.717, 1.165) is 12.0 Å². The molecule has 1 aliphatic carbocycles. The van der Waals surface area contributed by atoms with Gasteiger partial charge in [0, 0.05) is 33.0 Å². The Balaban J connectivity index is 1.70. The van der Waals surface area contributed by atoms with Crippen molar-refractivity contribution in [1.29, 1.82) is 0 Å². The molecule has 0 fully saturated rings. The average Bonchev–Trinajstić information content (AvgIpc) is 2.60. The van der Waals surface area contributed by atoms with Crippen LogP contribution in [0.25, 0.3) is 0 Å². The highest BCUT2D eigenvalue weighted by Crippen LogP contribution is 2.19. The van der Waals surface area contributed by atoms with E-state index in [-0.39, 0.29) is 11.8 Å². The summed E-state index contributed by atoms with van der Waals surface area (Å²) in [5.74, 6) is 0.0183. The van der Waals surface area contributed by atoms with E-state index in [0.29, 0.717) is 26.1 Å². The summed E-state index contributed by atoms with van der Waals surface area (Å²) in [5, 5.41) is 2.97. The van der Waals surface area contributed by atoms with Crippen LogP contribution >= 0.6 is 0 Å². The molecule has 4 nitrogen and oxygen atoms in total. The van der Waals surface area contributed by atoms with Crippen LogP contribution in [0.2, 0.25) is 0 Å². The highest BCUT2D eigenvalue weighted by molar-refractivity contribution is 5.78. The van der Waals surface area contributed by atoms with Crippen molar-refractivity contribution in [1.82, 2.24) is 10.2 Å². The van der Waals surface area contributed by atoms with Crippen LogP contribution in [0.15, 0.2) is 42.0 Å². The van der Waals surface area contributed by atoms with Gasteiger partial charge in [0.2, 0.25) is 11.8 Å². The number of benzene rings is 1. The molecular formula is C20H28N2O2. The van der Waals surface area contributed by atoms with Gasteiger partial charge in [-0.15, -0.1) is 0 Å². The molecule has 0 heterocycles. The molecule has 0 saturated carbocycles. The Hall–Kier alpha value is -2.10. The van der Waals surface area contributed by atoms with Crippen molar-refractivity contribution in [3.05, 3.63) is 47.5 Å². The van der Waals surface area contributed by atoms with E-state index in [1.54, 1.807) is 11.8 Å². The van der Waals surface area contributed by atoms with Gasteiger partial charge >= 0.3 is 0 Å². The van der Waals surface area contributed by atoms with E-state index in [9.17, 15) is 9.59 Å². The maximum atomic E-state index is 12.0. The topological polar surface area (TPSA) is 49.4 Å². The first kappa shape index (κ1) is 18.2. The van der Waals surface area contributed by atoms with E-state index in [4.69, 9.17) is 0 Å². The second kappa shape index (κ2) is 9.91. The van der Waals surface area contributed by atoms with Gasteiger partial charge in [-0.2, -0.15) is 0 Å². The highest BCUT2D eigenvalue weighted by Gasteiger charge is 2.12. The molecule has 0 aliphatic heterocycles. The van der Waals surface area contributed by atoms with E-state index in [1.165, 1.54) is 31.3 Å². The number of hydrogen-bond acceptors (Lipinski definition) is 2. The van der Waals surface area contributed by atoms with Crippen LogP contribution in [0.4, 0.5) is 0 Å². The van der Waals surface area contributed by atoms with Gasteiger partial charge in [0.05, 0.1) is 0 Å². The molecule has 0 aromatic heterocycles. The fourth-order valence-electron chi connectivity index (χ4n) is 2.97. The summed E-state index contributed by atoms with van der Waals surface area (Å²) >= 11 is 0. The van der Waals surface area contributed by atoms with Crippen molar-refractivity contribution in [2.45, 2.75) is 52.0 Å². The Bertz CT molecular complexity index is 566. The predicted molar refractivity (Wildman–Crippen MR) is 96.3 cm³/mol. The second-order valence-corrected chi connectivity index (χ2v) is 6.38. The van der Waals surface area contributed by atoms with Crippen molar-refractivity contribution in [3.8, 4) is 0 Å². The van der Waals surface area contributed by atoms with Crippen LogP contribution in [0.3, 0.4) is 0 Å². The van der Waals surface area contributed by atoms with Crippen LogP contribution in [-0.4, -0.2) is 29.8 Å². The Labute approximate surface area is 144 Å². The van der Waals surface area contributed by atoms with Crippen LogP contribution in [0, 0.1) is 0 Å². The zero-order valence-electron chi connectivity index (χ0n) is 14.6. The smallest absolute Gasteiger partial charge is 0.221 e. The lowest BCUT2D eigenvalue weighted by Crippen LogP contribution is -2.33. The lowest BCUT2D eigenvalue weighted by Gasteiger charge is -2.21. The molecule has 4 heteroatoms. The monoisotopic (exact) mass is 328 g/mol. The number of amides is 2. The lowest BCUT2D eigenvalue weighted by atomic mass is 9.97. The number of carbonyl (C=O) groups excluding carboxylic acids is 2. The molecule has 1 aromatic rings. The zero-order chi connectivity index (χ0) is 17.2. The molecule has 1 aliphatic rings. The van der Waals surface area contributed by atoms with Crippen LogP contribution in [0.1, 0.15) is 51.0 Å².